The summed E-state index contributed by atoms with van der Waals surface area (Å²) in [6.45, 7) is 0. The van der Waals surface area contributed by atoms with Crippen LogP contribution in [0.5, 0.6) is 5.75 Å². The van der Waals surface area contributed by atoms with Crippen molar-refractivity contribution < 1.29 is 14.3 Å². The third-order valence-corrected chi connectivity index (χ3v) is 2.74. The number of rotatable bonds is 2. The largest absolute Gasteiger partial charge is 0.497 e. The summed E-state index contributed by atoms with van der Waals surface area (Å²) in [7, 11) is 3.17. The number of carbonyl (C=O) groups is 1. The molecule has 1 amide bonds. The fourth-order valence-corrected chi connectivity index (χ4v) is 1.60. The number of hydrogen-bond donors (Lipinski definition) is 0. The Morgan fingerprint density at radius 2 is 2.24 bits per heavy atom. The van der Waals surface area contributed by atoms with Gasteiger partial charge in [-0.05, 0) is 36.0 Å². The first-order chi connectivity index (χ1) is 8.11. The molecule has 0 radical (unpaired) electrons. The molecule has 2 rings (SSSR count). The van der Waals surface area contributed by atoms with E-state index in [1.165, 1.54) is 4.90 Å². The van der Waals surface area contributed by atoms with E-state index < -0.39 is 0 Å². The molecule has 1 aliphatic rings. The van der Waals surface area contributed by atoms with Crippen LogP contribution >= 0.6 is 12.2 Å². The van der Waals surface area contributed by atoms with E-state index in [0.717, 1.165) is 11.3 Å². The summed E-state index contributed by atoms with van der Waals surface area (Å²) in [6, 6.07) is 7.33. The lowest BCUT2D eigenvalue weighted by Gasteiger charge is -2.00. The molecule has 0 N–H and O–H groups in total. The maximum Gasteiger partial charge on any atom is 0.296 e. The Labute approximate surface area is 104 Å². The molecule has 0 unspecified atom stereocenters. The molecule has 0 aromatic heterocycles. The van der Waals surface area contributed by atoms with Crippen molar-refractivity contribution >= 4 is 29.4 Å². The van der Waals surface area contributed by atoms with Gasteiger partial charge in [-0.15, -0.1) is 0 Å². The van der Waals surface area contributed by atoms with Gasteiger partial charge in [0.25, 0.3) is 11.1 Å². The second-order valence-corrected chi connectivity index (χ2v) is 3.87. The molecule has 0 aliphatic carbocycles. The number of carbonyl (C=O) groups excluding carboxylic acids is 1. The number of ether oxygens (including phenoxy) is 2. The standard InChI is InChI=1S/C12H11NO3S/c1-13-11(14)10(16-12(13)17)7-8-4-3-5-9(6-8)15-2/h3-7H,1-2H3/b10-7-. The first-order valence-corrected chi connectivity index (χ1v) is 5.38. The van der Waals surface area contributed by atoms with Gasteiger partial charge in [0, 0.05) is 7.05 Å². The molecule has 4 nitrogen and oxygen atoms in total. The summed E-state index contributed by atoms with van der Waals surface area (Å²) in [5.74, 6) is 0.712. The zero-order valence-corrected chi connectivity index (χ0v) is 10.3. The highest BCUT2D eigenvalue weighted by Gasteiger charge is 2.29. The molecule has 0 bridgehead atoms. The average molecular weight is 249 g/mol. The molecule has 1 aromatic carbocycles. The van der Waals surface area contributed by atoms with Gasteiger partial charge in [0.15, 0.2) is 5.76 Å². The van der Waals surface area contributed by atoms with Gasteiger partial charge in [-0.1, -0.05) is 12.1 Å². The topological polar surface area (TPSA) is 38.8 Å². The number of methoxy groups -OCH3 is 1. The van der Waals surface area contributed by atoms with Gasteiger partial charge in [-0.3, -0.25) is 9.69 Å². The van der Waals surface area contributed by atoms with Crippen molar-refractivity contribution in [2.75, 3.05) is 14.2 Å². The van der Waals surface area contributed by atoms with Crippen LogP contribution in [-0.4, -0.2) is 30.1 Å². The molecule has 0 atom stereocenters. The van der Waals surface area contributed by atoms with Crippen LogP contribution in [-0.2, 0) is 9.53 Å². The number of amides is 1. The maximum absolute atomic E-state index is 11.7. The van der Waals surface area contributed by atoms with Gasteiger partial charge in [0.2, 0.25) is 0 Å². The second-order valence-electron chi connectivity index (χ2n) is 3.52. The minimum atomic E-state index is -0.238. The lowest BCUT2D eigenvalue weighted by atomic mass is 10.2. The van der Waals surface area contributed by atoms with Crippen molar-refractivity contribution in [3.63, 3.8) is 0 Å². The van der Waals surface area contributed by atoms with E-state index >= 15 is 0 Å². The van der Waals surface area contributed by atoms with Crippen LogP contribution in [0.2, 0.25) is 0 Å². The van der Waals surface area contributed by atoms with E-state index in [4.69, 9.17) is 21.7 Å². The van der Waals surface area contributed by atoms with Crippen LogP contribution in [0.25, 0.3) is 6.08 Å². The predicted octanol–water partition coefficient (Wildman–Crippen LogP) is 1.81. The summed E-state index contributed by atoms with van der Waals surface area (Å²) >= 11 is 4.88. The zero-order chi connectivity index (χ0) is 12.4. The second kappa shape index (κ2) is 4.55. The number of benzene rings is 1. The lowest BCUT2D eigenvalue weighted by Crippen LogP contribution is -2.22. The highest BCUT2D eigenvalue weighted by molar-refractivity contribution is 7.80. The first kappa shape index (κ1) is 11.6. The third-order valence-electron chi connectivity index (χ3n) is 2.38. The summed E-state index contributed by atoms with van der Waals surface area (Å²) in [5, 5.41) is 0.171. The summed E-state index contributed by atoms with van der Waals surface area (Å²) in [5.41, 5.74) is 0.825. The van der Waals surface area contributed by atoms with Crippen LogP contribution < -0.4 is 4.74 Å². The first-order valence-electron chi connectivity index (χ1n) is 4.97. The van der Waals surface area contributed by atoms with Crippen LogP contribution in [0.3, 0.4) is 0 Å². The van der Waals surface area contributed by atoms with Crippen molar-refractivity contribution in [1.82, 2.24) is 4.90 Å². The molecule has 1 saturated heterocycles. The van der Waals surface area contributed by atoms with E-state index in [2.05, 4.69) is 0 Å². The molecular formula is C12H11NO3S. The third kappa shape index (κ3) is 2.29. The normalized spacial score (nSPS) is 17.5. The maximum atomic E-state index is 11.7. The van der Waals surface area contributed by atoms with Gasteiger partial charge in [-0.25, -0.2) is 0 Å². The van der Waals surface area contributed by atoms with Crippen molar-refractivity contribution in [3.05, 3.63) is 35.6 Å². The minimum absolute atomic E-state index is 0.171. The summed E-state index contributed by atoms with van der Waals surface area (Å²) < 4.78 is 10.3. The monoisotopic (exact) mass is 249 g/mol. The molecule has 17 heavy (non-hydrogen) atoms. The quantitative estimate of drug-likeness (QED) is 0.592. The molecule has 1 heterocycles. The summed E-state index contributed by atoms with van der Waals surface area (Å²) in [6.07, 6.45) is 1.64. The van der Waals surface area contributed by atoms with Crippen LogP contribution in [0.4, 0.5) is 0 Å². The Morgan fingerprint density at radius 1 is 1.47 bits per heavy atom. The average Bonchev–Trinajstić information content (AvgIpc) is 2.57. The van der Waals surface area contributed by atoms with Crippen molar-refractivity contribution in [2.24, 2.45) is 0 Å². The molecule has 1 fully saturated rings. The smallest absolute Gasteiger partial charge is 0.296 e. The summed E-state index contributed by atoms with van der Waals surface area (Å²) in [4.78, 5) is 13.0. The van der Waals surface area contributed by atoms with E-state index in [1.807, 2.05) is 24.3 Å². The molecule has 88 valence electrons. The van der Waals surface area contributed by atoms with Crippen LogP contribution in [0.15, 0.2) is 30.0 Å². The SMILES string of the molecule is COc1cccc(/C=C2\OC(=S)N(C)C2=O)c1. The molecule has 1 aliphatic heterocycles. The van der Waals surface area contributed by atoms with Gasteiger partial charge in [0.05, 0.1) is 7.11 Å². The Kier molecular flexibility index (Phi) is 3.10. The number of likely N-dealkylation sites (N-methyl/N-ethyl adjacent to an activating group) is 1. The Balaban J connectivity index is 2.30. The van der Waals surface area contributed by atoms with Crippen molar-refractivity contribution in [3.8, 4) is 5.75 Å². The number of thiocarbonyl (C=S) groups is 1. The highest BCUT2D eigenvalue weighted by atomic mass is 32.1. The Bertz CT molecular complexity index is 510. The van der Waals surface area contributed by atoms with Gasteiger partial charge in [-0.2, -0.15) is 0 Å². The fourth-order valence-electron chi connectivity index (χ4n) is 1.43. The van der Waals surface area contributed by atoms with E-state index in [1.54, 1.807) is 20.2 Å². The minimum Gasteiger partial charge on any atom is -0.497 e. The number of hydrogen-bond acceptors (Lipinski definition) is 4. The molecule has 1 aromatic rings. The lowest BCUT2D eigenvalue weighted by molar-refractivity contribution is -0.122. The van der Waals surface area contributed by atoms with Crippen molar-refractivity contribution in [1.29, 1.82) is 0 Å². The molecule has 0 spiro atoms. The zero-order valence-electron chi connectivity index (χ0n) is 9.47. The van der Waals surface area contributed by atoms with Gasteiger partial charge >= 0.3 is 0 Å². The van der Waals surface area contributed by atoms with E-state index in [9.17, 15) is 4.79 Å². The van der Waals surface area contributed by atoms with E-state index in [-0.39, 0.29) is 16.8 Å². The number of nitrogens with zero attached hydrogens (tertiary/aromatic N) is 1. The molecular weight excluding hydrogens is 238 g/mol. The Morgan fingerprint density at radius 3 is 2.82 bits per heavy atom. The molecule has 0 saturated carbocycles. The predicted molar refractivity (Wildman–Crippen MR) is 67.4 cm³/mol. The van der Waals surface area contributed by atoms with E-state index in [0.29, 0.717) is 0 Å². The highest BCUT2D eigenvalue weighted by Crippen LogP contribution is 2.20. The Hall–Kier alpha value is -1.88. The molecule has 5 heteroatoms. The fraction of sp³-hybridized carbons (Fsp3) is 0.167. The van der Waals surface area contributed by atoms with Crippen LogP contribution in [0.1, 0.15) is 5.56 Å². The van der Waals surface area contributed by atoms with Gasteiger partial charge < -0.3 is 9.47 Å². The van der Waals surface area contributed by atoms with Crippen LogP contribution in [0, 0.1) is 0 Å². The van der Waals surface area contributed by atoms with Crippen molar-refractivity contribution in [2.45, 2.75) is 0 Å². The van der Waals surface area contributed by atoms with Gasteiger partial charge in [0.1, 0.15) is 5.75 Å².